The molecule has 1 saturated heterocycles. The highest BCUT2D eigenvalue weighted by Crippen LogP contribution is 2.23. The topological polar surface area (TPSA) is 55.2 Å². The van der Waals surface area contributed by atoms with E-state index in [0.717, 1.165) is 25.1 Å². The molecule has 0 saturated carbocycles. The van der Waals surface area contributed by atoms with E-state index in [-0.39, 0.29) is 10.6 Å². The van der Waals surface area contributed by atoms with Crippen molar-refractivity contribution in [3.8, 4) is 0 Å². The lowest BCUT2D eigenvalue weighted by Gasteiger charge is -2.22. The molecule has 1 N–H and O–H groups in total. The second-order valence-corrected chi connectivity index (χ2v) is 4.30. The lowest BCUT2D eigenvalue weighted by atomic mass is 9.92. The van der Waals surface area contributed by atoms with E-state index in [9.17, 15) is 10.1 Å². The predicted octanol–water partition coefficient (Wildman–Crippen LogP) is 2.14. The molecule has 4 heteroatoms. The van der Waals surface area contributed by atoms with Gasteiger partial charge in [0, 0.05) is 11.6 Å². The second-order valence-electron chi connectivity index (χ2n) is 4.30. The Hall–Kier alpha value is -1.42. The maximum atomic E-state index is 10.9. The molecule has 86 valence electrons. The van der Waals surface area contributed by atoms with Gasteiger partial charge in [0.15, 0.2) is 0 Å². The summed E-state index contributed by atoms with van der Waals surface area (Å²) in [6.07, 6.45) is 3.15. The largest absolute Gasteiger partial charge is 0.316 e. The van der Waals surface area contributed by atoms with Crippen molar-refractivity contribution in [3.05, 3.63) is 39.9 Å². The number of nitrogens with one attached hydrogen (secondary N) is 1. The maximum Gasteiger partial charge on any atom is 0.272 e. The normalized spacial score (nSPS) is 20.6. The summed E-state index contributed by atoms with van der Waals surface area (Å²) >= 11 is 0. The van der Waals surface area contributed by atoms with Gasteiger partial charge in [-0.1, -0.05) is 18.2 Å². The van der Waals surface area contributed by atoms with E-state index in [1.54, 1.807) is 12.1 Å². The Morgan fingerprint density at radius 3 is 2.94 bits per heavy atom. The van der Waals surface area contributed by atoms with Crippen LogP contribution < -0.4 is 5.32 Å². The first-order chi connectivity index (χ1) is 7.77. The molecule has 0 radical (unpaired) electrons. The lowest BCUT2D eigenvalue weighted by molar-refractivity contribution is -0.385. The first kappa shape index (κ1) is 11.1. The van der Waals surface area contributed by atoms with Crippen LogP contribution in [0.5, 0.6) is 0 Å². The highest BCUT2D eigenvalue weighted by molar-refractivity contribution is 5.40. The number of hydrogen-bond acceptors (Lipinski definition) is 3. The fourth-order valence-corrected chi connectivity index (χ4v) is 2.27. The van der Waals surface area contributed by atoms with Gasteiger partial charge in [0.2, 0.25) is 0 Å². The third kappa shape index (κ3) is 2.58. The van der Waals surface area contributed by atoms with Gasteiger partial charge in [-0.25, -0.2) is 0 Å². The molecule has 0 amide bonds. The molecule has 1 heterocycles. The first-order valence-corrected chi connectivity index (χ1v) is 5.70. The number of nitro groups is 1. The third-order valence-electron chi connectivity index (χ3n) is 3.10. The van der Waals surface area contributed by atoms with Crippen LogP contribution in [0.1, 0.15) is 18.4 Å². The molecule has 0 bridgehead atoms. The zero-order chi connectivity index (χ0) is 11.4. The molecular weight excluding hydrogens is 204 g/mol. The van der Waals surface area contributed by atoms with E-state index >= 15 is 0 Å². The van der Waals surface area contributed by atoms with Crippen LogP contribution in [0.15, 0.2) is 24.3 Å². The van der Waals surface area contributed by atoms with Gasteiger partial charge in [-0.3, -0.25) is 10.1 Å². The number of nitro benzene ring substituents is 1. The summed E-state index contributed by atoms with van der Waals surface area (Å²) < 4.78 is 0. The molecule has 0 spiro atoms. The minimum absolute atomic E-state index is 0.257. The minimum Gasteiger partial charge on any atom is -0.316 e. The van der Waals surface area contributed by atoms with Crippen molar-refractivity contribution in [3.63, 3.8) is 0 Å². The Morgan fingerprint density at radius 2 is 2.25 bits per heavy atom. The van der Waals surface area contributed by atoms with E-state index in [1.165, 1.54) is 12.8 Å². The summed E-state index contributed by atoms with van der Waals surface area (Å²) in [6.45, 7) is 2.05. The van der Waals surface area contributed by atoms with Crippen molar-refractivity contribution in [2.45, 2.75) is 19.3 Å². The van der Waals surface area contributed by atoms with E-state index in [1.807, 2.05) is 12.1 Å². The molecule has 1 aromatic rings. The molecule has 1 aliphatic rings. The van der Waals surface area contributed by atoms with Crippen molar-refractivity contribution in [1.82, 2.24) is 5.32 Å². The van der Waals surface area contributed by atoms with Crippen molar-refractivity contribution < 1.29 is 4.92 Å². The van der Waals surface area contributed by atoms with Crippen LogP contribution in [0.2, 0.25) is 0 Å². The Bertz CT molecular complexity index is 373. The summed E-state index contributed by atoms with van der Waals surface area (Å²) in [5.74, 6) is 0.537. The second kappa shape index (κ2) is 5.07. The van der Waals surface area contributed by atoms with Crippen molar-refractivity contribution in [2.75, 3.05) is 13.1 Å². The van der Waals surface area contributed by atoms with Crippen LogP contribution in [0.4, 0.5) is 5.69 Å². The molecule has 1 aromatic carbocycles. The van der Waals surface area contributed by atoms with Gasteiger partial charge in [0.25, 0.3) is 5.69 Å². The summed E-state index contributed by atoms with van der Waals surface area (Å²) in [7, 11) is 0. The molecule has 16 heavy (non-hydrogen) atoms. The Morgan fingerprint density at radius 1 is 1.44 bits per heavy atom. The molecule has 2 rings (SSSR count). The van der Waals surface area contributed by atoms with Crippen molar-refractivity contribution >= 4 is 5.69 Å². The number of hydrogen-bond donors (Lipinski definition) is 1. The highest BCUT2D eigenvalue weighted by atomic mass is 16.6. The molecule has 1 unspecified atom stereocenters. The van der Waals surface area contributed by atoms with Gasteiger partial charge in [-0.15, -0.1) is 0 Å². The van der Waals surface area contributed by atoms with Crippen LogP contribution >= 0.6 is 0 Å². The zero-order valence-corrected chi connectivity index (χ0v) is 9.19. The van der Waals surface area contributed by atoms with Gasteiger partial charge in [-0.2, -0.15) is 0 Å². The number of nitrogens with zero attached hydrogens (tertiary/aromatic N) is 1. The number of piperidine rings is 1. The van der Waals surface area contributed by atoms with Crippen molar-refractivity contribution in [2.24, 2.45) is 5.92 Å². The van der Waals surface area contributed by atoms with Crippen LogP contribution in [0, 0.1) is 16.0 Å². The molecule has 4 nitrogen and oxygen atoms in total. The zero-order valence-electron chi connectivity index (χ0n) is 9.19. The number of rotatable bonds is 3. The summed E-state index contributed by atoms with van der Waals surface area (Å²) in [4.78, 5) is 10.6. The van der Waals surface area contributed by atoms with Gasteiger partial charge < -0.3 is 5.32 Å². The van der Waals surface area contributed by atoms with Gasteiger partial charge in [0.1, 0.15) is 0 Å². The van der Waals surface area contributed by atoms with Gasteiger partial charge in [-0.05, 0) is 38.3 Å². The standard InChI is InChI=1S/C12H16N2O2/c15-14(16)12-6-2-1-5-11(12)8-10-4-3-7-13-9-10/h1-2,5-6,10,13H,3-4,7-9H2. The smallest absolute Gasteiger partial charge is 0.272 e. The van der Waals surface area contributed by atoms with Crippen LogP contribution in [0.3, 0.4) is 0 Å². The summed E-state index contributed by atoms with van der Waals surface area (Å²) in [5.41, 5.74) is 1.12. The van der Waals surface area contributed by atoms with E-state index in [4.69, 9.17) is 0 Å². The number of benzene rings is 1. The monoisotopic (exact) mass is 220 g/mol. The Kier molecular flexibility index (Phi) is 3.51. The molecule has 0 aromatic heterocycles. The van der Waals surface area contributed by atoms with Crippen LogP contribution in [0.25, 0.3) is 0 Å². The molecular formula is C12H16N2O2. The third-order valence-corrected chi connectivity index (χ3v) is 3.10. The average Bonchev–Trinajstić information content (AvgIpc) is 2.31. The molecule has 1 aliphatic heterocycles. The summed E-state index contributed by atoms with van der Waals surface area (Å²) in [6, 6.07) is 7.05. The molecule has 1 atom stereocenters. The van der Waals surface area contributed by atoms with Crippen LogP contribution in [-0.2, 0) is 6.42 Å². The first-order valence-electron chi connectivity index (χ1n) is 5.70. The maximum absolute atomic E-state index is 10.9. The minimum atomic E-state index is -0.286. The lowest BCUT2D eigenvalue weighted by Crippen LogP contribution is -2.30. The van der Waals surface area contributed by atoms with E-state index < -0.39 is 0 Å². The van der Waals surface area contributed by atoms with Gasteiger partial charge in [0.05, 0.1) is 4.92 Å². The Balaban J connectivity index is 2.10. The quantitative estimate of drug-likeness (QED) is 0.627. The predicted molar refractivity (Wildman–Crippen MR) is 62.4 cm³/mol. The highest BCUT2D eigenvalue weighted by Gasteiger charge is 2.18. The fourth-order valence-electron chi connectivity index (χ4n) is 2.27. The fraction of sp³-hybridized carbons (Fsp3) is 0.500. The summed E-state index contributed by atoms with van der Waals surface area (Å²) in [5, 5.41) is 14.2. The average molecular weight is 220 g/mol. The Labute approximate surface area is 94.8 Å². The number of para-hydroxylation sites is 1. The van der Waals surface area contributed by atoms with Gasteiger partial charge >= 0.3 is 0 Å². The van der Waals surface area contributed by atoms with Crippen LogP contribution in [-0.4, -0.2) is 18.0 Å². The van der Waals surface area contributed by atoms with E-state index in [0.29, 0.717) is 5.92 Å². The van der Waals surface area contributed by atoms with Crippen molar-refractivity contribution in [1.29, 1.82) is 0 Å². The molecule has 0 aliphatic carbocycles. The molecule has 1 fully saturated rings. The van der Waals surface area contributed by atoms with E-state index in [2.05, 4.69) is 5.32 Å². The SMILES string of the molecule is O=[N+]([O-])c1ccccc1CC1CCCNC1.